The number of benzene rings is 2. The summed E-state index contributed by atoms with van der Waals surface area (Å²) in [6, 6.07) is 14.6. The molecule has 1 aliphatic rings. The minimum absolute atomic E-state index is 0.0156. The predicted molar refractivity (Wildman–Crippen MR) is 68.2 cm³/mol. The Kier molecular flexibility index (Phi) is 2.76. The van der Waals surface area contributed by atoms with Crippen molar-refractivity contribution in [3.63, 3.8) is 0 Å². The molecule has 1 heterocycles. The van der Waals surface area contributed by atoms with Crippen molar-refractivity contribution < 1.29 is 9.13 Å². The fourth-order valence-electron chi connectivity index (χ4n) is 2.54. The van der Waals surface area contributed by atoms with E-state index < -0.39 is 0 Å². The molecule has 2 aromatic carbocycles. The molecule has 2 N–H and O–H groups in total. The highest BCUT2D eigenvalue weighted by Crippen LogP contribution is 2.42. The molecule has 92 valence electrons. The molecule has 0 unspecified atom stereocenters. The first-order chi connectivity index (χ1) is 8.79. The zero-order chi connectivity index (χ0) is 12.5. The SMILES string of the molecule is NC[C@@H]1Oc2ccc(F)cc2[C@@H]1c1ccccc1. The highest BCUT2D eigenvalue weighted by molar-refractivity contribution is 5.47. The first-order valence-electron chi connectivity index (χ1n) is 6.00. The lowest BCUT2D eigenvalue weighted by atomic mass is 9.88. The Balaban J connectivity index is 2.10. The normalized spacial score (nSPS) is 21.4. The van der Waals surface area contributed by atoms with Crippen molar-refractivity contribution in [3.8, 4) is 5.75 Å². The summed E-state index contributed by atoms with van der Waals surface area (Å²) in [4.78, 5) is 0. The second-order valence-electron chi connectivity index (χ2n) is 4.46. The number of hydrogen-bond donors (Lipinski definition) is 1. The molecule has 3 heteroatoms. The van der Waals surface area contributed by atoms with E-state index in [-0.39, 0.29) is 17.8 Å². The van der Waals surface area contributed by atoms with Gasteiger partial charge in [-0.05, 0) is 23.8 Å². The van der Waals surface area contributed by atoms with Gasteiger partial charge in [0.15, 0.2) is 0 Å². The second kappa shape index (κ2) is 4.42. The second-order valence-corrected chi connectivity index (χ2v) is 4.46. The third kappa shape index (κ3) is 1.77. The van der Waals surface area contributed by atoms with Gasteiger partial charge >= 0.3 is 0 Å². The van der Waals surface area contributed by atoms with Crippen LogP contribution in [0.2, 0.25) is 0 Å². The molecule has 0 amide bonds. The van der Waals surface area contributed by atoms with Crippen LogP contribution in [0.5, 0.6) is 5.75 Å². The summed E-state index contributed by atoms with van der Waals surface area (Å²) < 4.78 is 19.2. The van der Waals surface area contributed by atoms with Gasteiger partial charge in [-0.2, -0.15) is 0 Å². The standard InChI is InChI=1S/C15H14FNO/c16-11-6-7-13-12(8-11)15(14(9-17)18-13)10-4-2-1-3-5-10/h1-8,14-15H,9,17H2/t14-,15-/m0/s1. The smallest absolute Gasteiger partial charge is 0.124 e. The number of hydrogen-bond acceptors (Lipinski definition) is 2. The monoisotopic (exact) mass is 243 g/mol. The number of nitrogens with two attached hydrogens (primary N) is 1. The first kappa shape index (κ1) is 11.2. The first-order valence-corrected chi connectivity index (χ1v) is 6.00. The average Bonchev–Trinajstić information content (AvgIpc) is 2.77. The van der Waals surface area contributed by atoms with Gasteiger partial charge in [-0.15, -0.1) is 0 Å². The Morgan fingerprint density at radius 2 is 1.89 bits per heavy atom. The summed E-state index contributed by atoms with van der Waals surface area (Å²) in [5.41, 5.74) is 7.75. The predicted octanol–water partition coefficient (Wildman–Crippen LogP) is 2.68. The van der Waals surface area contributed by atoms with Crippen molar-refractivity contribution in [3.05, 3.63) is 65.5 Å². The van der Waals surface area contributed by atoms with Gasteiger partial charge < -0.3 is 10.5 Å². The minimum Gasteiger partial charge on any atom is -0.488 e. The van der Waals surface area contributed by atoms with Gasteiger partial charge in [-0.25, -0.2) is 4.39 Å². The van der Waals surface area contributed by atoms with Crippen LogP contribution in [0.1, 0.15) is 17.0 Å². The molecular formula is C15H14FNO. The van der Waals surface area contributed by atoms with Crippen LogP contribution in [0.3, 0.4) is 0 Å². The summed E-state index contributed by atoms with van der Waals surface area (Å²) in [5.74, 6) is 0.513. The van der Waals surface area contributed by atoms with Gasteiger partial charge in [-0.1, -0.05) is 30.3 Å². The molecule has 0 saturated carbocycles. The van der Waals surface area contributed by atoms with Crippen LogP contribution in [-0.4, -0.2) is 12.6 Å². The van der Waals surface area contributed by atoms with E-state index in [0.717, 1.165) is 16.9 Å². The Hall–Kier alpha value is -1.87. The maximum Gasteiger partial charge on any atom is 0.124 e. The van der Waals surface area contributed by atoms with Crippen molar-refractivity contribution in [2.24, 2.45) is 5.73 Å². The molecule has 0 saturated heterocycles. The molecule has 0 bridgehead atoms. The van der Waals surface area contributed by atoms with Crippen molar-refractivity contribution in [2.45, 2.75) is 12.0 Å². The van der Waals surface area contributed by atoms with Crippen molar-refractivity contribution in [1.29, 1.82) is 0 Å². The van der Waals surface area contributed by atoms with Crippen LogP contribution in [0.15, 0.2) is 48.5 Å². The largest absolute Gasteiger partial charge is 0.488 e. The Bertz CT molecular complexity index is 556. The zero-order valence-corrected chi connectivity index (χ0v) is 9.84. The van der Waals surface area contributed by atoms with Crippen LogP contribution >= 0.6 is 0 Å². The molecule has 0 fully saturated rings. The summed E-state index contributed by atoms with van der Waals surface area (Å²) in [7, 11) is 0. The fourth-order valence-corrected chi connectivity index (χ4v) is 2.54. The van der Waals surface area contributed by atoms with Gasteiger partial charge in [0.25, 0.3) is 0 Å². The van der Waals surface area contributed by atoms with E-state index in [0.29, 0.717) is 6.54 Å². The van der Waals surface area contributed by atoms with Crippen molar-refractivity contribution >= 4 is 0 Å². The van der Waals surface area contributed by atoms with Gasteiger partial charge in [-0.3, -0.25) is 0 Å². The fraction of sp³-hybridized carbons (Fsp3) is 0.200. The van der Waals surface area contributed by atoms with Crippen LogP contribution < -0.4 is 10.5 Å². The lowest BCUT2D eigenvalue weighted by Crippen LogP contribution is -2.28. The molecule has 2 atom stereocenters. The maximum atomic E-state index is 13.4. The summed E-state index contributed by atoms with van der Waals surface area (Å²) in [6.07, 6.45) is -0.121. The van der Waals surface area contributed by atoms with Crippen LogP contribution in [0.4, 0.5) is 4.39 Å². The van der Waals surface area contributed by atoms with Gasteiger partial charge in [0.1, 0.15) is 17.7 Å². The number of fused-ring (bicyclic) bond motifs is 1. The van der Waals surface area contributed by atoms with E-state index in [1.54, 1.807) is 12.1 Å². The van der Waals surface area contributed by atoms with E-state index in [1.165, 1.54) is 6.07 Å². The van der Waals surface area contributed by atoms with E-state index in [4.69, 9.17) is 10.5 Å². The number of rotatable bonds is 2. The van der Waals surface area contributed by atoms with E-state index in [1.807, 2.05) is 30.3 Å². The summed E-state index contributed by atoms with van der Waals surface area (Å²) in [6.45, 7) is 0.413. The molecule has 0 radical (unpaired) electrons. The molecule has 2 nitrogen and oxygen atoms in total. The maximum absolute atomic E-state index is 13.4. The third-order valence-corrected chi connectivity index (χ3v) is 3.35. The molecule has 0 spiro atoms. The van der Waals surface area contributed by atoms with Crippen LogP contribution in [-0.2, 0) is 0 Å². The Morgan fingerprint density at radius 3 is 2.61 bits per heavy atom. The summed E-state index contributed by atoms with van der Waals surface area (Å²) >= 11 is 0. The number of halogens is 1. The topological polar surface area (TPSA) is 35.2 Å². The van der Waals surface area contributed by atoms with Crippen molar-refractivity contribution in [1.82, 2.24) is 0 Å². The van der Waals surface area contributed by atoms with E-state index in [2.05, 4.69) is 0 Å². The lowest BCUT2D eigenvalue weighted by Gasteiger charge is -2.17. The quantitative estimate of drug-likeness (QED) is 0.880. The zero-order valence-electron chi connectivity index (χ0n) is 9.84. The molecule has 18 heavy (non-hydrogen) atoms. The molecule has 1 aliphatic heterocycles. The highest BCUT2D eigenvalue weighted by atomic mass is 19.1. The lowest BCUT2D eigenvalue weighted by molar-refractivity contribution is 0.226. The third-order valence-electron chi connectivity index (χ3n) is 3.35. The molecule has 0 aliphatic carbocycles. The van der Waals surface area contributed by atoms with Gasteiger partial charge in [0.05, 0.1) is 5.92 Å². The van der Waals surface area contributed by atoms with Crippen LogP contribution in [0.25, 0.3) is 0 Å². The van der Waals surface area contributed by atoms with Gasteiger partial charge in [0.2, 0.25) is 0 Å². The average molecular weight is 243 g/mol. The molecular weight excluding hydrogens is 229 g/mol. The van der Waals surface area contributed by atoms with Crippen molar-refractivity contribution in [2.75, 3.05) is 6.54 Å². The Labute approximate surface area is 105 Å². The minimum atomic E-state index is -0.240. The molecule has 0 aromatic heterocycles. The van der Waals surface area contributed by atoms with Crippen LogP contribution in [0, 0.1) is 5.82 Å². The van der Waals surface area contributed by atoms with Gasteiger partial charge in [0, 0.05) is 12.1 Å². The molecule has 2 aromatic rings. The van der Waals surface area contributed by atoms with E-state index >= 15 is 0 Å². The Morgan fingerprint density at radius 1 is 1.11 bits per heavy atom. The van der Waals surface area contributed by atoms with E-state index in [9.17, 15) is 4.39 Å². The summed E-state index contributed by atoms with van der Waals surface area (Å²) in [5, 5.41) is 0. The molecule has 3 rings (SSSR count). The highest BCUT2D eigenvalue weighted by Gasteiger charge is 2.34. The number of ether oxygens (including phenoxy) is 1.